The molecule has 2 aromatic carbocycles. The molecule has 0 bridgehead atoms. The first-order chi connectivity index (χ1) is 11.2. The van der Waals surface area contributed by atoms with Crippen LogP contribution in [0.2, 0.25) is 10.0 Å². The van der Waals surface area contributed by atoms with Crippen LogP contribution < -0.4 is 10.0 Å². The molecule has 0 aliphatic heterocycles. The Morgan fingerprint density at radius 3 is 2.33 bits per heavy atom. The van der Waals surface area contributed by atoms with Crippen LogP contribution in [0.15, 0.2) is 47.4 Å². The molecule has 0 saturated heterocycles. The molecule has 0 aliphatic carbocycles. The van der Waals surface area contributed by atoms with Crippen LogP contribution in [0.3, 0.4) is 0 Å². The van der Waals surface area contributed by atoms with Gasteiger partial charge < -0.3 is 5.32 Å². The Hall–Kier alpha value is -1.67. The van der Waals surface area contributed by atoms with Gasteiger partial charge in [-0.2, -0.15) is 4.72 Å². The maximum absolute atomic E-state index is 12.9. The fraction of sp³-hybridized carbons (Fsp3) is 0.133. The lowest BCUT2D eigenvalue weighted by atomic mass is 10.3. The molecule has 0 radical (unpaired) electrons. The second-order valence-corrected chi connectivity index (χ2v) is 7.47. The van der Waals surface area contributed by atoms with Gasteiger partial charge in [0, 0.05) is 5.02 Å². The van der Waals surface area contributed by atoms with Crippen molar-refractivity contribution in [3.63, 3.8) is 0 Å². The summed E-state index contributed by atoms with van der Waals surface area (Å²) in [5.74, 6) is -1.16. The third-order valence-electron chi connectivity index (χ3n) is 3.04. The summed E-state index contributed by atoms with van der Waals surface area (Å²) in [5.41, 5.74) is 0.305. The average molecular weight is 391 g/mol. The molecule has 1 atom stereocenters. The molecule has 2 rings (SSSR count). The van der Waals surface area contributed by atoms with Gasteiger partial charge in [-0.25, -0.2) is 12.8 Å². The third-order valence-corrected chi connectivity index (χ3v) is 5.14. The zero-order chi connectivity index (χ0) is 17.9. The van der Waals surface area contributed by atoms with Crippen LogP contribution in [0.25, 0.3) is 0 Å². The molecule has 2 aromatic rings. The zero-order valence-corrected chi connectivity index (χ0v) is 14.7. The van der Waals surface area contributed by atoms with Crippen LogP contribution in [-0.2, 0) is 14.8 Å². The van der Waals surface area contributed by atoms with Crippen molar-refractivity contribution in [3.05, 3.63) is 58.3 Å². The highest BCUT2D eigenvalue weighted by Gasteiger charge is 2.22. The number of rotatable bonds is 5. The van der Waals surface area contributed by atoms with Gasteiger partial charge in [0.05, 0.1) is 21.6 Å². The topological polar surface area (TPSA) is 75.3 Å². The molecule has 24 heavy (non-hydrogen) atoms. The normalized spacial score (nSPS) is 12.7. The zero-order valence-electron chi connectivity index (χ0n) is 12.4. The van der Waals surface area contributed by atoms with E-state index in [0.717, 1.165) is 24.3 Å². The van der Waals surface area contributed by atoms with Crippen molar-refractivity contribution < 1.29 is 17.6 Å². The molecule has 2 N–H and O–H groups in total. The molecule has 128 valence electrons. The van der Waals surface area contributed by atoms with Gasteiger partial charge in [-0.15, -0.1) is 0 Å². The van der Waals surface area contributed by atoms with Crippen molar-refractivity contribution in [1.29, 1.82) is 0 Å². The van der Waals surface area contributed by atoms with E-state index in [4.69, 9.17) is 23.2 Å². The van der Waals surface area contributed by atoms with Gasteiger partial charge in [0.1, 0.15) is 5.82 Å². The van der Waals surface area contributed by atoms with Gasteiger partial charge in [0.2, 0.25) is 15.9 Å². The first-order valence-corrected chi connectivity index (χ1v) is 8.97. The van der Waals surface area contributed by atoms with Crippen molar-refractivity contribution in [2.45, 2.75) is 17.9 Å². The molecule has 0 saturated carbocycles. The van der Waals surface area contributed by atoms with E-state index in [-0.39, 0.29) is 9.92 Å². The number of hydrogen-bond donors (Lipinski definition) is 2. The van der Waals surface area contributed by atoms with Crippen LogP contribution in [0, 0.1) is 5.82 Å². The summed E-state index contributed by atoms with van der Waals surface area (Å²) in [6, 6.07) is 7.68. The predicted octanol–water partition coefficient (Wildman–Crippen LogP) is 3.44. The standard InChI is InChI=1S/C15H13Cl2FN2O3S/c1-9(15(21)19-14-7-2-10(16)8-13(14)17)20-24(22,23)12-5-3-11(18)4-6-12/h2-9,20H,1H3,(H,19,21)/t9-/m0/s1. The lowest BCUT2D eigenvalue weighted by Crippen LogP contribution is -2.41. The van der Waals surface area contributed by atoms with Crippen molar-refractivity contribution in [1.82, 2.24) is 4.72 Å². The van der Waals surface area contributed by atoms with Crippen LogP contribution in [0.1, 0.15) is 6.92 Å². The Bertz CT molecular complexity index is 858. The van der Waals surface area contributed by atoms with E-state index in [1.807, 2.05) is 0 Å². The molecule has 0 aromatic heterocycles. The van der Waals surface area contributed by atoms with Crippen molar-refractivity contribution in [2.24, 2.45) is 0 Å². The third kappa shape index (κ3) is 4.67. The minimum atomic E-state index is -3.96. The van der Waals surface area contributed by atoms with E-state index in [2.05, 4.69) is 10.0 Å². The fourth-order valence-electron chi connectivity index (χ4n) is 1.80. The Labute approximate surface area is 148 Å². The second-order valence-electron chi connectivity index (χ2n) is 4.91. The highest BCUT2D eigenvalue weighted by atomic mass is 35.5. The molecule has 9 heteroatoms. The van der Waals surface area contributed by atoms with Crippen molar-refractivity contribution in [3.8, 4) is 0 Å². The first-order valence-electron chi connectivity index (χ1n) is 6.73. The molecule has 1 amide bonds. The smallest absolute Gasteiger partial charge is 0.242 e. The summed E-state index contributed by atoms with van der Waals surface area (Å²) in [4.78, 5) is 12.0. The Kier molecular flexibility index (Phi) is 5.82. The van der Waals surface area contributed by atoms with Crippen molar-refractivity contribution >= 4 is 44.8 Å². The number of hydrogen-bond acceptors (Lipinski definition) is 3. The largest absolute Gasteiger partial charge is 0.323 e. The minimum Gasteiger partial charge on any atom is -0.323 e. The van der Waals surface area contributed by atoms with Gasteiger partial charge in [-0.3, -0.25) is 4.79 Å². The molecule has 0 unspecified atom stereocenters. The quantitative estimate of drug-likeness (QED) is 0.820. The molecular weight excluding hydrogens is 378 g/mol. The number of sulfonamides is 1. The minimum absolute atomic E-state index is 0.145. The van der Waals surface area contributed by atoms with E-state index < -0.39 is 27.8 Å². The number of halogens is 3. The molecule has 0 spiro atoms. The van der Waals surface area contributed by atoms with Crippen LogP contribution in [-0.4, -0.2) is 20.4 Å². The molecule has 0 heterocycles. The number of nitrogens with one attached hydrogen (secondary N) is 2. The molecule has 0 fully saturated rings. The summed E-state index contributed by atoms with van der Waals surface area (Å²) < 4.78 is 39.4. The summed E-state index contributed by atoms with van der Waals surface area (Å²) in [7, 11) is -3.96. The Balaban J connectivity index is 2.09. The maximum Gasteiger partial charge on any atom is 0.242 e. The number of anilines is 1. The number of benzene rings is 2. The SMILES string of the molecule is C[C@H](NS(=O)(=O)c1ccc(F)cc1)C(=O)Nc1ccc(Cl)cc1Cl. The Morgan fingerprint density at radius 2 is 1.75 bits per heavy atom. The van der Waals surface area contributed by atoms with E-state index >= 15 is 0 Å². The number of carbonyl (C=O) groups excluding carboxylic acids is 1. The van der Waals surface area contributed by atoms with Gasteiger partial charge in [-0.1, -0.05) is 23.2 Å². The lowest BCUT2D eigenvalue weighted by molar-refractivity contribution is -0.117. The maximum atomic E-state index is 12.9. The number of carbonyl (C=O) groups is 1. The van der Waals surface area contributed by atoms with Crippen LogP contribution in [0.5, 0.6) is 0 Å². The lowest BCUT2D eigenvalue weighted by Gasteiger charge is -2.15. The summed E-state index contributed by atoms with van der Waals surface area (Å²) >= 11 is 11.7. The summed E-state index contributed by atoms with van der Waals surface area (Å²) in [6.07, 6.45) is 0. The van der Waals surface area contributed by atoms with Gasteiger partial charge in [0.15, 0.2) is 0 Å². The molecule has 5 nitrogen and oxygen atoms in total. The highest BCUT2D eigenvalue weighted by molar-refractivity contribution is 7.89. The van der Waals surface area contributed by atoms with E-state index in [1.54, 1.807) is 0 Å². The predicted molar refractivity (Wildman–Crippen MR) is 91.3 cm³/mol. The van der Waals surface area contributed by atoms with Gasteiger partial charge >= 0.3 is 0 Å². The van der Waals surface area contributed by atoms with E-state index in [1.165, 1.54) is 25.1 Å². The summed E-state index contributed by atoms with van der Waals surface area (Å²) in [5, 5.41) is 3.14. The molecular formula is C15H13Cl2FN2O3S. The average Bonchev–Trinajstić information content (AvgIpc) is 2.50. The van der Waals surface area contributed by atoms with Crippen LogP contribution in [0.4, 0.5) is 10.1 Å². The van der Waals surface area contributed by atoms with Crippen molar-refractivity contribution in [2.75, 3.05) is 5.32 Å². The first kappa shape index (κ1) is 18.7. The molecule has 0 aliphatic rings. The van der Waals surface area contributed by atoms with Crippen LogP contribution >= 0.6 is 23.2 Å². The highest BCUT2D eigenvalue weighted by Crippen LogP contribution is 2.25. The Morgan fingerprint density at radius 1 is 1.12 bits per heavy atom. The van der Waals surface area contributed by atoms with E-state index in [0.29, 0.717) is 10.7 Å². The monoisotopic (exact) mass is 390 g/mol. The summed E-state index contributed by atoms with van der Waals surface area (Å²) in [6.45, 7) is 1.38. The number of amides is 1. The van der Waals surface area contributed by atoms with E-state index in [9.17, 15) is 17.6 Å². The van der Waals surface area contributed by atoms with Gasteiger partial charge in [0.25, 0.3) is 0 Å². The van der Waals surface area contributed by atoms with Gasteiger partial charge in [-0.05, 0) is 49.4 Å². The fourth-order valence-corrected chi connectivity index (χ4v) is 3.46. The second kappa shape index (κ2) is 7.48.